The summed E-state index contributed by atoms with van der Waals surface area (Å²) in [7, 11) is 0. The first-order valence-electron chi connectivity index (χ1n) is 9.63. The van der Waals surface area contributed by atoms with Crippen LogP contribution in [0, 0.1) is 5.82 Å². The molecule has 1 aromatic carbocycles. The number of nitrogens with zero attached hydrogens (tertiary/aromatic N) is 4. The SMILES string of the molecule is C[C@H](Nc1cc(N(CCO)CCO)cc(Nc2cnccn2)n1)c1ccc(F)cc1. The van der Waals surface area contributed by atoms with Crippen LogP contribution in [-0.2, 0) is 0 Å². The standard InChI is InChI=1S/C21H25FN6O2/c1-15(16-2-4-17(22)5-3-16)25-19-12-18(28(8-10-29)9-11-30)13-20(26-19)27-21-14-23-6-7-24-21/h2-7,12-15,29-30H,8-11H2,1H3,(H2,24,25,26,27)/t15-/m0/s1. The molecule has 0 radical (unpaired) electrons. The highest BCUT2D eigenvalue weighted by Crippen LogP contribution is 2.26. The van der Waals surface area contributed by atoms with Gasteiger partial charge in [-0.2, -0.15) is 0 Å². The molecule has 0 amide bonds. The number of nitrogens with one attached hydrogen (secondary N) is 2. The molecule has 1 atom stereocenters. The quantitative estimate of drug-likeness (QED) is 0.403. The highest BCUT2D eigenvalue weighted by Gasteiger charge is 2.13. The normalized spacial score (nSPS) is 11.7. The topological polar surface area (TPSA) is 106 Å². The molecule has 2 aromatic heterocycles. The molecule has 4 N–H and O–H groups in total. The summed E-state index contributed by atoms with van der Waals surface area (Å²) in [4.78, 5) is 14.7. The van der Waals surface area contributed by atoms with Crippen molar-refractivity contribution in [2.45, 2.75) is 13.0 Å². The van der Waals surface area contributed by atoms with Gasteiger partial charge in [0.15, 0.2) is 0 Å². The van der Waals surface area contributed by atoms with Gasteiger partial charge in [-0.3, -0.25) is 4.98 Å². The molecule has 0 saturated carbocycles. The van der Waals surface area contributed by atoms with Gasteiger partial charge >= 0.3 is 0 Å². The zero-order chi connectivity index (χ0) is 21.3. The van der Waals surface area contributed by atoms with Crippen LogP contribution in [0.4, 0.5) is 27.5 Å². The largest absolute Gasteiger partial charge is 0.395 e. The molecule has 3 rings (SSSR count). The summed E-state index contributed by atoms with van der Waals surface area (Å²) in [6.07, 6.45) is 4.74. The number of halogens is 1. The molecule has 8 nitrogen and oxygen atoms in total. The van der Waals surface area contributed by atoms with Crippen molar-refractivity contribution in [2.75, 3.05) is 41.8 Å². The van der Waals surface area contributed by atoms with Crippen LogP contribution in [0.5, 0.6) is 0 Å². The Hall–Kier alpha value is -3.30. The van der Waals surface area contributed by atoms with Gasteiger partial charge in [0.1, 0.15) is 23.3 Å². The second-order valence-electron chi connectivity index (χ2n) is 6.66. The van der Waals surface area contributed by atoms with Crippen LogP contribution in [-0.4, -0.2) is 51.5 Å². The fourth-order valence-corrected chi connectivity index (χ4v) is 3.00. The fourth-order valence-electron chi connectivity index (χ4n) is 3.00. The smallest absolute Gasteiger partial charge is 0.150 e. The van der Waals surface area contributed by atoms with E-state index in [1.165, 1.54) is 12.1 Å². The van der Waals surface area contributed by atoms with Crippen molar-refractivity contribution in [3.8, 4) is 0 Å². The van der Waals surface area contributed by atoms with Crippen LogP contribution in [0.15, 0.2) is 55.0 Å². The maximum atomic E-state index is 13.2. The number of hydrogen-bond donors (Lipinski definition) is 4. The Labute approximate surface area is 174 Å². The molecule has 9 heteroatoms. The van der Waals surface area contributed by atoms with Crippen LogP contribution < -0.4 is 15.5 Å². The lowest BCUT2D eigenvalue weighted by Crippen LogP contribution is -2.29. The zero-order valence-electron chi connectivity index (χ0n) is 16.7. The molecule has 158 valence electrons. The van der Waals surface area contributed by atoms with E-state index in [1.807, 2.05) is 24.0 Å². The predicted molar refractivity (Wildman–Crippen MR) is 114 cm³/mol. The first kappa shape index (κ1) is 21.4. The van der Waals surface area contributed by atoms with Crippen molar-refractivity contribution in [3.05, 3.63) is 66.4 Å². The fraction of sp³-hybridized carbons (Fsp3) is 0.286. The second kappa shape index (κ2) is 10.5. The number of aliphatic hydroxyl groups is 2. The Kier molecular flexibility index (Phi) is 7.47. The molecule has 0 aliphatic carbocycles. The van der Waals surface area contributed by atoms with Gasteiger partial charge in [-0.05, 0) is 24.6 Å². The molecule has 0 spiro atoms. The van der Waals surface area contributed by atoms with Gasteiger partial charge in [0, 0.05) is 49.3 Å². The Morgan fingerprint density at radius 2 is 1.70 bits per heavy atom. The summed E-state index contributed by atoms with van der Waals surface area (Å²) in [5.74, 6) is 1.36. The Morgan fingerprint density at radius 3 is 2.33 bits per heavy atom. The monoisotopic (exact) mass is 412 g/mol. The third kappa shape index (κ3) is 5.85. The van der Waals surface area contributed by atoms with Crippen molar-refractivity contribution in [3.63, 3.8) is 0 Å². The van der Waals surface area contributed by atoms with E-state index in [-0.39, 0.29) is 25.1 Å². The maximum absolute atomic E-state index is 13.2. The lowest BCUT2D eigenvalue weighted by molar-refractivity contribution is 0.281. The summed E-state index contributed by atoms with van der Waals surface area (Å²) in [6, 6.07) is 9.81. The number of benzene rings is 1. The molecule has 3 aromatic rings. The minimum atomic E-state index is -0.287. The predicted octanol–water partition coefficient (Wildman–Crippen LogP) is 2.72. The van der Waals surface area contributed by atoms with E-state index >= 15 is 0 Å². The summed E-state index contributed by atoms with van der Waals surface area (Å²) >= 11 is 0. The average molecular weight is 412 g/mol. The molecule has 2 heterocycles. The minimum Gasteiger partial charge on any atom is -0.395 e. The third-order valence-corrected chi connectivity index (χ3v) is 4.47. The first-order chi connectivity index (χ1) is 14.6. The van der Waals surface area contributed by atoms with Gasteiger partial charge in [0.05, 0.1) is 19.4 Å². The molecule has 0 aliphatic heterocycles. The van der Waals surface area contributed by atoms with Crippen molar-refractivity contribution in [1.29, 1.82) is 0 Å². The maximum Gasteiger partial charge on any atom is 0.150 e. The lowest BCUT2D eigenvalue weighted by Gasteiger charge is -2.25. The van der Waals surface area contributed by atoms with E-state index in [4.69, 9.17) is 0 Å². The molecule has 0 fully saturated rings. The number of pyridine rings is 1. The number of aromatic nitrogens is 3. The molecular formula is C21H25FN6O2. The minimum absolute atomic E-state index is 0.0516. The van der Waals surface area contributed by atoms with E-state index in [2.05, 4.69) is 25.6 Å². The highest BCUT2D eigenvalue weighted by atomic mass is 19.1. The Morgan fingerprint density at radius 1 is 1.00 bits per heavy atom. The second-order valence-corrected chi connectivity index (χ2v) is 6.66. The molecule has 0 aliphatic rings. The summed E-state index contributed by atoms with van der Waals surface area (Å²) in [5, 5.41) is 25.2. The third-order valence-electron chi connectivity index (χ3n) is 4.47. The number of aliphatic hydroxyl groups excluding tert-OH is 2. The summed E-state index contributed by atoms with van der Waals surface area (Å²) in [6.45, 7) is 2.58. The van der Waals surface area contributed by atoms with Crippen molar-refractivity contribution in [1.82, 2.24) is 15.0 Å². The van der Waals surface area contributed by atoms with Crippen molar-refractivity contribution >= 4 is 23.1 Å². The van der Waals surface area contributed by atoms with Gasteiger partial charge in [-0.1, -0.05) is 12.1 Å². The van der Waals surface area contributed by atoms with Gasteiger partial charge in [0.25, 0.3) is 0 Å². The van der Waals surface area contributed by atoms with Crippen LogP contribution in [0.3, 0.4) is 0 Å². The van der Waals surface area contributed by atoms with Crippen LogP contribution >= 0.6 is 0 Å². The number of rotatable bonds is 10. The highest BCUT2D eigenvalue weighted by molar-refractivity contribution is 5.65. The van der Waals surface area contributed by atoms with Crippen LogP contribution in [0.1, 0.15) is 18.5 Å². The number of hydrogen-bond acceptors (Lipinski definition) is 8. The first-order valence-corrected chi connectivity index (χ1v) is 9.63. The number of anilines is 4. The molecule has 0 saturated heterocycles. The Bertz CT molecular complexity index is 921. The molecule has 0 bridgehead atoms. The van der Waals surface area contributed by atoms with Gasteiger partial charge in [0.2, 0.25) is 0 Å². The molecule has 30 heavy (non-hydrogen) atoms. The van der Waals surface area contributed by atoms with Crippen molar-refractivity contribution < 1.29 is 14.6 Å². The van der Waals surface area contributed by atoms with Crippen LogP contribution in [0.25, 0.3) is 0 Å². The summed E-state index contributed by atoms with van der Waals surface area (Å²) in [5.41, 5.74) is 1.68. The zero-order valence-corrected chi connectivity index (χ0v) is 16.7. The van der Waals surface area contributed by atoms with Gasteiger partial charge in [-0.25, -0.2) is 14.4 Å². The Balaban J connectivity index is 1.90. The van der Waals surface area contributed by atoms with E-state index < -0.39 is 0 Å². The van der Waals surface area contributed by atoms with Gasteiger partial charge < -0.3 is 25.7 Å². The molecule has 0 unspecified atom stereocenters. The average Bonchev–Trinajstić information content (AvgIpc) is 2.74. The van der Waals surface area contributed by atoms with Crippen LogP contribution in [0.2, 0.25) is 0 Å². The van der Waals surface area contributed by atoms with E-state index in [0.29, 0.717) is 30.5 Å². The van der Waals surface area contributed by atoms with E-state index in [9.17, 15) is 14.6 Å². The summed E-state index contributed by atoms with van der Waals surface area (Å²) < 4.78 is 13.2. The molecular weight excluding hydrogens is 387 g/mol. The van der Waals surface area contributed by atoms with E-state index in [0.717, 1.165) is 11.3 Å². The van der Waals surface area contributed by atoms with Gasteiger partial charge in [-0.15, -0.1) is 0 Å². The van der Waals surface area contributed by atoms with Crippen molar-refractivity contribution in [2.24, 2.45) is 0 Å². The lowest BCUT2D eigenvalue weighted by atomic mass is 10.1. The van der Waals surface area contributed by atoms with E-state index in [1.54, 1.807) is 30.7 Å².